The van der Waals surface area contributed by atoms with Gasteiger partial charge in [0.05, 0.1) is 5.52 Å². The Morgan fingerprint density at radius 2 is 2.15 bits per heavy atom. The number of benzene rings is 1. The highest BCUT2D eigenvalue weighted by molar-refractivity contribution is 5.79. The second kappa shape index (κ2) is 3.11. The standard InChI is InChI=1S/C10H9FN2/c11-10-7(6-12)3-4-9-8(10)2-1-5-13-9/h1-5H,6,12H2. The molecule has 0 aliphatic heterocycles. The van der Waals surface area contributed by atoms with Gasteiger partial charge in [-0.1, -0.05) is 6.07 Å². The van der Waals surface area contributed by atoms with Crippen molar-refractivity contribution < 1.29 is 4.39 Å². The molecule has 0 atom stereocenters. The number of fused-ring (bicyclic) bond motifs is 1. The Balaban J connectivity index is 2.79. The Morgan fingerprint density at radius 3 is 2.92 bits per heavy atom. The summed E-state index contributed by atoms with van der Waals surface area (Å²) >= 11 is 0. The number of halogens is 1. The Hall–Kier alpha value is -1.48. The molecule has 2 nitrogen and oxygen atoms in total. The molecule has 66 valence electrons. The van der Waals surface area contributed by atoms with Crippen LogP contribution in [0.25, 0.3) is 10.9 Å². The zero-order chi connectivity index (χ0) is 9.26. The molecule has 13 heavy (non-hydrogen) atoms. The van der Waals surface area contributed by atoms with E-state index in [1.54, 1.807) is 30.5 Å². The molecule has 0 aliphatic rings. The van der Waals surface area contributed by atoms with E-state index >= 15 is 0 Å². The van der Waals surface area contributed by atoms with E-state index in [0.29, 0.717) is 16.5 Å². The molecule has 0 amide bonds. The lowest BCUT2D eigenvalue weighted by Crippen LogP contribution is -2.00. The van der Waals surface area contributed by atoms with Crippen LogP contribution in [-0.4, -0.2) is 4.98 Å². The quantitative estimate of drug-likeness (QED) is 0.720. The molecule has 0 spiro atoms. The van der Waals surface area contributed by atoms with Crippen LogP contribution >= 0.6 is 0 Å². The molecule has 0 saturated heterocycles. The van der Waals surface area contributed by atoms with Gasteiger partial charge in [-0.15, -0.1) is 0 Å². The Labute approximate surface area is 75.2 Å². The SMILES string of the molecule is NCc1ccc2ncccc2c1F. The molecule has 0 saturated carbocycles. The molecule has 1 aromatic carbocycles. The number of rotatable bonds is 1. The van der Waals surface area contributed by atoms with E-state index in [0.717, 1.165) is 0 Å². The second-order valence-corrected chi connectivity index (χ2v) is 2.81. The maximum absolute atomic E-state index is 13.5. The van der Waals surface area contributed by atoms with Crippen molar-refractivity contribution in [3.63, 3.8) is 0 Å². The highest BCUT2D eigenvalue weighted by atomic mass is 19.1. The van der Waals surface area contributed by atoms with Crippen LogP contribution < -0.4 is 5.73 Å². The first-order chi connectivity index (χ1) is 6.33. The van der Waals surface area contributed by atoms with Gasteiger partial charge in [-0.05, 0) is 18.2 Å². The van der Waals surface area contributed by atoms with Crippen molar-refractivity contribution in [2.75, 3.05) is 0 Å². The maximum Gasteiger partial charge on any atom is 0.137 e. The van der Waals surface area contributed by atoms with E-state index in [1.165, 1.54) is 0 Å². The number of nitrogens with two attached hydrogens (primary N) is 1. The Kier molecular flexibility index (Phi) is 1.94. The molecule has 0 aliphatic carbocycles. The van der Waals surface area contributed by atoms with Crippen molar-refractivity contribution in [1.82, 2.24) is 4.98 Å². The highest BCUT2D eigenvalue weighted by Gasteiger charge is 2.05. The zero-order valence-electron chi connectivity index (χ0n) is 7.00. The van der Waals surface area contributed by atoms with Crippen molar-refractivity contribution >= 4 is 10.9 Å². The van der Waals surface area contributed by atoms with Gasteiger partial charge in [0, 0.05) is 23.7 Å². The largest absolute Gasteiger partial charge is 0.326 e. The van der Waals surface area contributed by atoms with Crippen molar-refractivity contribution in [2.24, 2.45) is 5.73 Å². The van der Waals surface area contributed by atoms with Crippen LogP contribution in [0.3, 0.4) is 0 Å². The number of hydrogen-bond acceptors (Lipinski definition) is 2. The average Bonchev–Trinajstić information content (AvgIpc) is 2.19. The van der Waals surface area contributed by atoms with Gasteiger partial charge in [-0.2, -0.15) is 0 Å². The third-order valence-corrected chi connectivity index (χ3v) is 2.02. The first-order valence-electron chi connectivity index (χ1n) is 4.05. The molecule has 0 fully saturated rings. The van der Waals surface area contributed by atoms with Crippen LogP contribution in [-0.2, 0) is 6.54 Å². The van der Waals surface area contributed by atoms with Gasteiger partial charge in [-0.25, -0.2) is 4.39 Å². The monoisotopic (exact) mass is 176 g/mol. The molecule has 0 bridgehead atoms. The third kappa shape index (κ3) is 1.27. The minimum atomic E-state index is -0.256. The smallest absolute Gasteiger partial charge is 0.137 e. The van der Waals surface area contributed by atoms with E-state index in [4.69, 9.17) is 5.73 Å². The molecule has 2 N–H and O–H groups in total. The van der Waals surface area contributed by atoms with Crippen molar-refractivity contribution in [2.45, 2.75) is 6.54 Å². The van der Waals surface area contributed by atoms with Crippen molar-refractivity contribution in [3.05, 3.63) is 41.8 Å². The van der Waals surface area contributed by atoms with Crippen LogP contribution in [0.4, 0.5) is 4.39 Å². The van der Waals surface area contributed by atoms with E-state index in [-0.39, 0.29) is 12.4 Å². The number of nitrogens with zero attached hydrogens (tertiary/aromatic N) is 1. The molecular formula is C10H9FN2. The Bertz CT molecular complexity index is 440. The summed E-state index contributed by atoms with van der Waals surface area (Å²) in [6.45, 7) is 0.219. The lowest BCUT2D eigenvalue weighted by atomic mass is 10.1. The second-order valence-electron chi connectivity index (χ2n) is 2.81. The van der Waals surface area contributed by atoms with E-state index < -0.39 is 0 Å². The fourth-order valence-electron chi connectivity index (χ4n) is 1.32. The van der Waals surface area contributed by atoms with E-state index in [1.807, 2.05) is 0 Å². The minimum absolute atomic E-state index is 0.219. The van der Waals surface area contributed by atoms with E-state index in [2.05, 4.69) is 4.98 Å². The topological polar surface area (TPSA) is 38.9 Å². The van der Waals surface area contributed by atoms with Crippen molar-refractivity contribution in [3.8, 4) is 0 Å². The summed E-state index contributed by atoms with van der Waals surface area (Å²) in [4.78, 5) is 4.04. The summed E-state index contributed by atoms with van der Waals surface area (Å²) in [5.41, 5.74) is 6.57. The van der Waals surface area contributed by atoms with Crippen LogP contribution in [0.1, 0.15) is 5.56 Å². The third-order valence-electron chi connectivity index (χ3n) is 2.02. The molecule has 3 heteroatoms. The van der Waals surface area contributed by atoms with E-state index in [9.17, 15) is 4.39 Å². The molecule has 2 aromatic rings. The lowest BCUT2D eigenvalue weighted by molar-refractivity contribution is 0.622. The number of hydrogen-bond donors (Lipinski definition) is 1. The van der Waals surface area contributed by atoms with Crippen LogP contribution in [0.5, 0.6) is 0 Å². The molecule has 0 unspecified atom stereocenters. The molecular weight excluding hydrogens is 167 g/mol. The fourth-order valence-corrected chi connectivity index (χ4v) is 1.32. The van der Waals surface area contributed by atoms with Crippen LogP contribution in [0.15, 0.2) is 30.5 Å². The van der Waals surface area contributed by atoms with Gasteiger partial charge in [-0.3, -0.25) is 4.98 Å². The normalized spacial score (nSPS) is 10.6. The average molecular weight is 176 g/mol. The summed E-state index contributed by atoms with van der Waals surface area (Å²) in [6.07, 6.45) is 1.64. The van der Waals surface area contributed by atoms with Crippen LogP contribution in [0, 0.1) is 5.82 Å². The minimum Gasteiger partial charge on any atom is -0.326 e. The first kappa shape index (κ1) is 8.13. The van der Waals surface area contributed by atoms with Gasteiger partial charge in [0.15, 0.2) is 0 Å². The highest BCUT2D eigenvalue weighted by Crippen LogP contribution is 2.18. The molecule has 2 rings (SSSR count). The molecule has 1 aromatic heterocycles. The summed E-state index contributed by atoms with van der Waals surface area (Å²) in [7, 11) is 0. The summed E-state index contributed by atoms with van der Waals surface area (Å²) in [5.74, 6) is -0.256. The predicted molar refractivity (Wildman–Crippen MR) is 49.6 cm³/mol. The number of pyridine rings is 1. The van der Waals surface area contributed by atoms with Crippen molar-refractivity contribution in [1.29, 1.82) is 0 Å². The Morgan fingerprint density at radius 1 is 1.31 bits per heavy atom. The van der Waals surface area contributed by atoms with Gasteiger partial charge in [0.25, 0.3) is 0 Å². The molecule has 0 radical (unpaired) electrons. The maximum atomic E-state index is 13.5. The van der Waals surface area contributed by atoms with Crippen LogP contribution in [0.2, 0.25) is 0 Å². The van der Waals surface area contributed by atoms with Gasteiger partial charge in [0.2, 0.25) is 0 Å². The summed E-state index contributed by atoms with van der Waals surface area (Å²) < 4.78 is 13.5. The van der Waals surface area contributed by atoms with Gasteiger partial charge in [0.1, 0.15) is 5.82 Å². The predicted octanol–water partition coefficient (Wildman–Crippen LogP) is 1.83. The fraction of sp³-hybridized carbons (Fsp3) is 0.100. The summed E-state index contributed by atoms with van der Waals surface area (Å²) in [6, 6.07) is 6.87. The summed E-state index contributed by atoms with van der Waals surface area (Å²) in [5, 5.41) is 0.533. The zero-order valence-corrected chi connectivity index (χ0v) is 7.00. The lowest BCUT2D eigenvalue weighted by Gasteiger charge is -2.02. The molecule has 1 heterocycles. The van der Waals surface area contributed by atoms with Gasteiger partial charge < -0.3 is 5.73 Å². The number of aromatic nitrogens is 1. The van der Waals surface area contributed by atoms with Gasteiger partial charge >= 0.3 is 0 Å². The first-order valence-corrected chi connectivity index (χ1v) is 4.05.